The highest BCUT2D eigenvalue weighted by Crippen LogP contribution is 2.55. The van der Waals surface area contributed by atoms with E-state index in [2.05, 4.69) is 187 Å². The molecule has 1 aromatic heterocycles. The Balaban J connectivity index is 1.10. The van der Waals surface area contributed by atoms with Gasteiger partial charge < -0.3 is 4.90 Å². The van der Waals surface area contributed by atoms with Crippen LogP contribution in [0.2, 0.25) is 0 Å². The minimum absolute atomic E-state index is 1.07. The molecule has 2 nitrogen and oxygen atoms in total. The van der Waals surface area contributed by atoms with Crippen molar-refractivity contribution in [2.45, 2.75) is 0 Å². The van der Waals surface area contributed by atoms with Gasteiger partial charge in [-0.15, -0.1) is 11.3 Å². The van der Waals surface area contributed by atoms with Gasteiger partial charge in [0.1, 0.15) is 5.01 Å². The molecule has 1 aliphatic carbocycles. The molecule has 0 atom stereocenters. The first-order valence-electron chi connectivity index (χ1n) is 17.7. The Morgan fingerprint density at radius 2 is 0.942 bits per heavy atom. The fourth-order valence-electron chi connectivity index (χ4n) is 8.16. The van der Waals surface area contributed by atoms with Crippen LogP contribution in [0.15, 0.2) is 182 Å². The molecule has 0 spiro atoms. The predicted octanol–water partition coefficient (Wildman–Crippen LogP) is 14.2. The zero-order chi connectivity index (χ0) is 34.2. The summed E-state index contributed by atoms with van der Waals surface area (Å²) in [6.45, 7) is 0. The maximum Gasteiger partial charge on any atom is 0.124 e. The summed E-state index contributed by atoms with van der Waals surface area (Å²) in [6, 6.07) is 65.9. The van der Waals surface area contributed by atoms with E-state index in [1.54, 1.807) is 11.3 Å². The van der Waals surface area contributed by atoms with Crippen LogP contribution in [0.25, 0.3) is 86.8 Å². The topological polar surface area (TPSA) is 16.1 Å². The molecule has 0 bridgehead atoms. The van der Waals surface area contributed by atoms with Crippen molar-refractivity contribution < 1.29 is 0 Å². The lowest BCUT2D eigenvalue weighted by Crippen LogP contribution is -2.10. The molecule has 242 valence electrons. The Morgan fingerprint density at radius 3 is 1.56 bits per heavy atom. The van der Waals surface area contributed by atoms with Gasteiger partial charge in [0.2, 0.25) is 0 Å². The number of thiazole rings is 1. The number of nitrogens with zero attached hydrogens (tertiary/aromatic N) is 2. The smallest absolute Gasteiger partial charge is 0.124 e. The number of benzene rings is 9. The second kappa shape index (κ2) is 11.5. The second-order valence-corrected chi connectivity index (χ2v) is 14.5. The summed E-state index contributed by atoms with van der Waals surface area (Å²) in [5, 5.41) is 8.79. The average Bonchev–Trinajstić information content (AvgIpc) is 3.79. The second-order valence-electron chi connectivity index (χ2n) is 13.5. The molecule has 0 saturated heterocycles. The lowest BCUT2D eigenvalue weighted by Gasteiger charge is -2.28. The van der Waals surface area contributed by atoms with Crippen LogP contribution in [0.1, 0.15) is 0 Å². The van der Waals surface area contributed by atoms with Crippen molar-refractivity contribution in [2.75, 3.05) is 4.90 Å². The van der Waals surface area contributed by atoms with Crippen molar-refractivity contribution in [1.82, 2.24) is 4.98 Å². The summed E-state index contributed by atoms with van der Waals surface area (Å²) in [5.74, 6) is 0. The van der Waals surface area contributed by atoms with E-state index < -0.39 is 0 Å². The van der Waals surface area contributed by atoms with Gasteiger partial charge in [0.25, 0.3) is 0 Å². The fourth-order valence-corrected chi connectivity index (χ4v) is 9.26. The number of hydrogen-bond acceptors (Lipinski definition) is 3. The number of anilines is 3. The number of aromatic nitrogens is 1. The van der Waals surface area contributed by atoms with E-state index in [0.29, 0.717) is 0 Å². The minimum atomic E-state index is 1.07. The van der Waals surface area contributed by atoms with Crippen LogP contribution in [0.3, 0.4) is 0 Å². The standard InChI is InChI=1S/C49H30N2S/c1-4-10-31(11-5-1)33-16-23-38(24-17-33)51(39-25-18-34(19-26-39)32-12-6-2-7-13-32)43-29-22-37-30-42-46-41(28-21-35-20-27-40(43)44(37)45(35)46)47-48(42)52-49(50-47)36-14-8-3-9-15-36/h1-30H. The third kappa shape index (κ3) is 4.46. The maximum absolute atomic E-state index is 5.24. The lowest BCUT2D eigenvalue weighted by atomic mass is 9.90. The fraction of sp³-hybridized carbons (Fsp3) is 0. The summed E-state index contributed by atoms with van der Waals surface area (Å²) in [4.78, 5) is 8.92. The molecule has 1 aliphatic rings. The minimum Gasteiger partial charge on any atom is -0.310 e. The zero-order valence-corrected chi connectivity index (χ0v) is 28.9. The Labute approximate surface area is 305 Å². The van der Waals surface area contributed by atoms with E-state index in [4.69, 9.17) is 4.98 Å². The molecule has 0 unspecified atom stereocenters. The van der Waals surface area contributed by atoms with Crippen LogP contribution in [0.5, 0.6) is 0 Å². The van der Waals surface area contributed by atoms with Gasteiger partial charge in [-0.25, -0.2) is 4.98 Å². The molecule has 3 heteroatoms. The Morgan fingerprint density at radius 1 is 0.404 bits per heavy atom. The molecule has 0 amide bonds. The third-order valence-electron chi connectivity index (χ3n) is 10.6. The Hall–Kier alpha value is -6.55. The molecule has 0 N–H and O–H groups in total. The largest absolute Gasteiger partial charge is 0.310 e. The highest BCUT2D eigenvalue weighted by atomic mass is 32.1. The third-order valence-corrected chi connectivity index (χ3v) is 11.7. The van der Waals surface area contributed by atoms with E-state index in [-0.39, 0.29) is 0 Å². The average molecular weight is 679 g/mol. The van der Waals surface area contributed by atoms with Crippen LogP contribution in [-0.4, -0.2) is 4.98 Å². The van der Waals surface area contributed by atoms with Gasteiger partial charge in [-0.2, -0.15) is 0 Å². The molecule has 0 saturated carbocycles. The van der Waals surface area contributed by atoms with Crippen molar-refractivity contribution >= 4 is 60.7 Å². The molecule has 0 radical (unpaired) electrons. The van der Waals surface area contributed by atoms with Crippen molar-refractivity contribution in [1.29, 1.82) is 0 Å². The Bertz CT molecular complexity index is 2830. The van der Waals surface area contributed by atoms with Crippen LogP contribution in [-0.2, 0) is 0 Å². The van der Waals surface area contributed by atoms with Crippen LogP contribution in [0.4, 0.5) is 17.1 Å². The highest BCUT2D eigenvalue weighted by molar-refractivity contribution is 7.19. The van der Waals surface area contributed by atoms with Crippen molar-refractivity contribution in [2.24, 2.45) is 0 Å². The van der Waals surface area contributed by atoms with Crippen LogP contribution >= 0.6 is 11.3 Å². The summed E-state index contributed by atoms with van der Waals surface area (Å²) in [7, 11) is 0. The predicted molar refractivity (Wildman–Crippen MR) is 221 cm³/mol. The molecule has 9 aromatic carbocycles. The number of rotatable bonds is 6. The van der Waals surface area contributed by atoms with E-state index in [9.17, 15) is 0 Å². The van der Waals surface area contributed by atoms with Crippen LogP contribution in [0, 0.1) is 0 Å². The summed E-state index contributed by atoms with van der Waals surface area (Å²) < 4.78 is 0. The van der Waals surface area contributed by atoms with Crippen molar-refractivity contribution in [3.05, 3.63) is 182 Å². The highest BCUT2D eigenvalue weighted by Gasteiger charge is 2.29. The molecule has 0 fully saturated rings. The molecule has 11 rings (SSSR count). The van der Waals surface area contributed by atoms with Gasteiger partial charge in [-0.3, -0.25) is 0 Å². The van der Waals surface area contributed by atoms with Gasteiger partial charge in [-0.1, -0.05) is 146 Å². The molecule has 0 aliphatic heterocycles. The molecule has 1 heterocycles. The van der Waals surface area contributed by atoms with Gasteiger partial charge in [0, 0.05) is 38.8 Å². The number of hydrogen-bond donors (Lipinski definition) is 0. The van der Waals surface area contributed by atoms with Gasteiger partial charge >= 0.3 is 0 Å². The first kappa shape index (κ1) is 29.2. The normalized spacial score (nSPS) is 11.8. The first-order chi connectivity index (χ1) is 25.8. The van der Waals surface area contributed by atoms with E-state index >= 15 is 0 Å². The van der Waals surface area contributed by atoms with Crippen molar-refractivity contribution in [3.63, 3.8) is 0 Å². The van der Waals surface area contributed by atoms with Crippen LogP contribution < -0.4 is 4.90 Å². The molecular weight excluding hydrogens is 649 g/mol. The van der Waals surface area contributed by atoms with Gasteiger partial charge in [0.15, 0.2) is 0 Å². The quantitative estimate of drug-likeness (QED) is 0.163. The number of fused-ring (bicyclic) bond motifs is 3. The molecule has 10 aromatic rings. The summed E-state index contributed by atoms with van der Waals surface area (Å²) in [5.41, 5.74) is 13.0. The summed E-state index contributed by atoms with van der Waals surface area (Å²) >= 11 is 1.81. The Kier molecular flexibility index (Phi) is 6.46. The molecular formula is C49H30N2S. The monoisotopic (exact) mass is 678 g/mol. The van der Waals surface area contributed by atoms with Gasteiger partial charge in [-0.05, 0) is 80.2 Å². The maximum atomic E-state index is 5.24. The summed E-state index contributed by atoms with van der Waals surface area (Å²) in [6.07, 6.45) is 0. The van der Waals surface area contributed by atoms with Gasteiger partial charge in [0.05, 0.1) is 16.3 Å². The SMILES string of the molecule is c1ccc(-c2ccc(N(c3ccc(-c4ccccc4)cc3)c3ccc4cc5c6c(ccc7ccc3c4c76)-c3nc(-c4ccccc4)sc3-5)cc2)cc1. The van der Waals surface area contributed by atoms with E-state index in [1.807, 2.05) is 0 Å². The lowest BCUT2D eigenvalue weighted by molar-refractivity contribution is 1.30. The van der Waals surface area contributed by atoms with E-state index in [1.165, 1.54) is 76.1 Å². The first-order valence-corrected chi connectivity index (χ1v) is 18.5. The van der Waals surface area contributed by atoms with Crippen molar-refractivity contribution in [3.8, 4) is 54.5 Å². The molecule has 52 heavy (non-hydrogen) atoms. The van der Waals surface area contributed by atoms with E-state index in [0.717, 1.165) is 27.8 Å². The zero-order valence-electron chi connectivity index (χ0n) is 28.1.